The minimum atomic E-state index is -0.606. The van der Waals surface area contributed by atoms with Crippen LogP contribution in [0.4, 0.5) is 0 Å². The third kappa shape index (κ3) is 5.98. The van der Waals surface area contributed by atoms with Crippen molar-refractivity contribution in [2.24, 2.45) is 0 Å². The summed E-state index contributed by atoms with van der Waals surface area (Å²) in [6.07, 6.45) is 0. The van der Waals surface area contributed by atoms with Crippen LogP contribution in [0.5, 0.6) is 0 Å². The third-order valence-electron chi connectivity index (χ3n) is 18.7. The molecule has 17 aromatic rings. The van der Waals surface area contributed by atoms with Crippen LogP contribution in [-0.2, 0) is 5.41 Å². The first kappa shape index (κ1) is 44.9. The molecule has 0 amide bonds. The van der Waals surface area contributed by atoms with Crippen LogP contribution in [-0.4, -0.2) is 18.8 Å². The fourth-order valence-electron chi connectivity index (χ4n) is 15.2. The second-order valence-electron chi connectivity index (χ2n) is 22.7. The van der Waals surface area contributed by atoms with E-state index in [1.807, 2.05) is 0 Å². The van der Waals surface area contributed by atoms with Gasteiger partial charge in [0.15, 0.2) is 0 Å². The van der Waals surface area contributed by atoms with Gasteiger partial charge in [-0.2, -0.15) is 0 Å². The summed E-state index contributed by atoms with van der Waals surface area (Å²) < 4.78 is 4.77. The maximum Gasteiger partial charge on any atom is 0.146 e. The molecule has 0 N–H and O–H groups in total. The van der Waals surface area contributed by atoms with E-state index in [2.05, 4.69) is 288 Å². The van der Waals surface area contributed by atoms with Crippen molar-refractivity contribution in [2.75, 3.05) is 0 Å². The molecule has 1 unspecified atom stereocenters. The number of imidazole rings is 2. The molecule has 1 atom stereocenters. The lowest BCUT2D eigenvalue weighted by Gasteiger charge is -2.34. The Bertz CT molecular complexity index is 5530. The van der Waals surface area contributed by atoms with Gasteiger partial charge in [0.1, 0.15) is 11.3 Å². The molecule has 0 fully saturated rings. The van der Waals surface area contributed by atoms with Crippen molar-refractivity contribution in [3.63, 3.8) is 0 Å². The fourth-order valence-corrected chi connectivity index (χ4v) is 15.2. The smallest absolute Gasteiger partial charge is 0.146 e. The molecular formula is C79H46N4. The Labute approximate surface area is 477 Å². The summed E-state index contributed by atoms with van der Waals surface area (Å²) in [7, 11) is 0. The standard InChI is InChI=1S/C79H46N4/c1-4-16-49(17-5-1)74-76-66-46-53(36-41-59(66)69-30-15-31-71(80-74)82(69)76)56-25-14-29-68-73(56)63-24-10-11-28-67(63)79(68,54-22-8-3-9-23-54)55-37-32-47(33-38-55)57-42-43-70-60-40-35-52(45-65(60)77-75(81-78(57)83(70)77)50-18-6-2-7-19-50)51-34-39-58-61-26-12-20-48-21-13-27-62(72(48)61)64(58)44-51/h1-46H. The zero-order chi connectivity index (χ0) is 54.1. The zero-order valence-corrected chi connectivity index (χ0v) is 44.8. The lowest BCUT2D eigenvalue weighted by atomic mass is 9.67. The maximum absolute atomic E-state index is 5.64. The van der Waals surface area contributed by atoms with Crippen LogP contribution >= 0.6 is 0 Å². The summed E-state index contributed by atoms with van der Waals surface area (Å²) in [5.41, 5.74) is 29.9. The minimum absolute atomic E-state index is 0.606. The van der Waals surface area contributed by atoms with E-state index in [1.54, 1.807) is 0 Å². The summed E-state index contributed by atoms with van der Waals surface area (Å²) in [5.74, 6) is 0. The van der Waals surface area contributed by atoms with Gasteiger partial charge in [-0.1, -0.05) is 237 Å². The van der Waals surface area contributed by atoms with Gasteiger partial charge in [-0.3, -0.25) is 8.80 Å². The van der Waals surface area contributed by atoms with Gasteiger partial charge in [0.05, 0.1) is 38.9 Å². The molecular weight excluding hydrogens is 1000 g/mol. The molecule has 0 bridgehead atoms. The number of benzene rings is 11. The molecule has 11 aromatic carbocycles. The summed E-state index contributed by atoms with van der Waals surface area (Å²) in [6, 6.07) is 104. The zero-order valence-electron chi connectivity index (χ0n) is 44.8. The van der Waals surface area contributed by atoms with Crippen molar-refractivity contribution < 1.29 is 0 Å². The van der Waals surface area contributed by atoms with Crippen LogP contribution in [0.1, 0.15) is 22.3 Å². The average Bonchev–Trinajstić information content (AvgIpc) is 1.86. The Morgan fingerprint density at radius 2 is 0.831 bits per heavy atom. The first-order valence-corrected chi connectivity index (χ1v) is 28.7. The van der Waals surface area contributed by atoms with Crippen LogP contribution in [0, 0.1) is 0 Å². The van der Waals surface area contributed by atoms with Gasteiger partial charge in [0.25, 0.3) is 0 Å². The van der Waals surface area contributed by atoms with Gasteiger partial charge in [-0.15, -0.1) is 0 Å². The van der Waals surface area contributed by atoms with Crippen LogP contribution in [0.3, 0.4) is 0 Å². The van der Waals surface area contributed by atoms with Gasteiger partial charge in [0.2, 0.25) is 0 Å². The fraction of sp³-hybridized carbons (Fsp3) is 0.0127. The highest BCUT2D eigenvalue weighted by Crippen LogP contribution is 2.59. The Hall–Kier alpha value is -10.9. The van der Waals surface area contributed by atoms with Crippen molar-refractivity contribution in [2.45, 2.75) is 5.41 Å². The SMILES string of the molecule is c1ccc(-c2nc3cccc4c5ccc(-c6cccc7c6-c6ccccc6C7(c6ccccc6)c6ccc(-c7ccc8c9ccc(-c%10ccc%11c(c%10)-c%10cccc%12cccc-%11c%10%12)cc9c9c(-c%10ccccc%10)nc7n89)cc6)cc5c2n34)cc1. The monoisotopic (exact) mass is 1050 g/mol. The molecule has 4 nitrogen and oxygen atoms in total. The number of hydrogen-bond donors (Lipinski definition) is 0. The lowest BCUT2D eigenvalue weighted by Crippen LogP contribution is -2.28. The topological polar surface area (TPSA) is 34.6 Å². The summed E-state index contributed by atoms with van der Waals surface area (Å²) in [5, 5.41) is 7.49. The van der Waals surface area contributed by atoms with E-state index < -0.39 is 5.41 Å². The van der Waals surface area contributed by atoms with E-state index in [1.165, 1.54) is 116 Å². The predicted octanol–water partition coefficient (Wildman–Crippen LogP) is 20.0. The lowest BCUT2D eigenvalue weighted by molar-refractivity contribution is 0.769. The van der Waals surface area contributed by atoms with Crippen molar-refractivity contribution in [3.8, 4) is 89.3 Å². The Morgan fingerprint density at radius 3 is 1.60 bits per heavy atom. The Morgan fingerprint density at radius 1 is 0.289 bits per heavy atom. The Kier molecular flexibility index (Phi) is 8.96. The molecule has 0 radical (unpaired) electrons. The number of aromatic nitrogens is 4. The number of nitrogens with zero attached hydrogens (tertiary/aromatic N) is 4. The van der Waals surface area contributed by atoms with Gasteiger partial charge in [-0.25, -0.2) is 9.97 Å². The molecule has 0 saturated carbocycles. The molecule has 19 rings (SSSR count). The second-order valence-corrected chi connectivity index (χ2v) is 22.7. The molecule has 0 saturated heterocycles. The van der Waals surface area contributed by atoms with E-state index >= 15 is 0 Å². The summed E-state index contributed by atoms with van der Waals surface area (Å²) in [4.78, 5) is 10.9. The van der Waals surface area contributed by atoms with E-state index in [-0.39, 0.29) is 0 Å². The highest BCUT2D eigenvalue weighted by atomic mass is 15.0. The van der Waals surface area contributed by atoms with Crippen LogP contribution in [0.15, 0.2) is 279 Å². The van der Waals surface area contributed by atoms with Crippen molar-refractivity contribution in [3.05, 3.63) is 301 Å². The summed E-state index contributed by atoms with van der Waals surface area (Å²) >= 11 is 0. The predicted molar refractivity (Wildman–Crippen MR) is 343 cm³/mol. The molecule has 6 heterocycles. The normalized spacial score (nSPS) is 14.3. The van der Waals surface area contributed by atoms with Crippen LogP contribution in [0.2, 0.25) is 0 Å². The minimum Gasteiger partial charge on any atom is -0.292 e. The summed E-state index contributed by atoms with van der Waals surface area (Å²) in [6.45, 7) is 0. The third-order valence-corrected chi connectivity index (χ3v) is 18.7. The van der Waals surface area contributed by atoms with E-state index in [0.717, 1.165) is 61.5 Å². The molecule has 4 heteroatoms. The Balaban J connectivity index is 0.769. The molecule has 83 heavy (non-hydrogen) atoms. The van der Waals surface area contributed by atoms with Crippen LogP contribution < -0.4 is 0 Å². The molecule has 6 aromatic heterocycles. The molecule has 2 aliphatic carbocycles. The first-order chi connectivity index (χ1) is 41.2. The van der Waals surface area contributed by atoms with Crippen LogP contribution in [0.25, 0.3) is 155 Å². The van der Waals surface area contributed by atoms with Gasteiger partial charge in [0, 0.05) is 38.2 Å². The average molecular weight is 1050 g/mol. The number of fused-ring (bicyclic) bond motifs is 12. The largest absolute Gasteiger partial charge is 0.292 e. The number of pyridine rings is 2. The van der Waals surface area contributed by atoms with Crippen molar-refractivity contribution in [1.29, 1.82) is 0 Å². The highest BCUT2D eigenvalue weighted by molar-refractivity contribution is 6.19. The molecule has 0 aliphatic heterocycles. The number of hydrogen-bond acceptors (Lipinski definition) is 2. The van der Waals surface area contributed by atoms with Gasteiger partial charge in [-0.05, 0) is 137 Å². The van der Waals surface area contributed by atoms with Crippen molar-refractivity contribution in [1.82, 2.24) is 18.8 Å². The second kappa shape index (κ2) is 16.6. The quantitative estimate of drug-likeness (QED) is 0.159. The van der Waals surface area contributed by atoms with E-state index in [0.29, 0.717) is 0 Å². The van der Waals surface area contributed by atoms with Gasteiger partial charge >= 0.3 is 0 Å². The van der Waals surface area contributed by atoms with Gasteiger partial charge < -0.3 is 0 Å². The maximum atomic E-state index is 5.64. The molecule has 382 valence electrons. The first-order valence-electron chi connectivity index (χ1n) is 28.7. The van der Waals surface area contributed by atoms with Crippen molar-refractivity contribution >= 4 is 65.7 Å². The van der Waals surface area contributed by atoms with E-state index in [4.69, 9.17) is 9.97 Å². The molecule has 0 spiro atoms. The van der Waals surface area contributed by atoms with E-state index in [9.17, 15) is 0 Å². The molecule has 2 aliphatic rings. The number of rotatable bonds is 7. The highest BCUT2D eigenvalue weighted by Gasteiger charge is 2.47.